The first-order valence-corrected chi connectivity index (χ1v) is 7.17. The Balaban J connectivity index is 1.53. The van der Waals surface area contributed by atoms with Gasteiger partial charge in [0.1, 0.15) is 0 Å². The van der Waals surface area contributed by atoms with Crippen molar-refractivity contribution in [1.82, 2.24) is 15.1 Å². The molecule has 0 spiro atoms. The van der Waals surface area contributed by atoms with Crippen molar-refractivity contribution in [2.75, 3.05) is 26.2 Å². The van der Waals surface area contributed by atoms with E-state index >= 15 is 0 Å². The molecule has 3 aliphatic heterocycles. The molecule has 0 saturated carbocycles. The van der Waals surface area contributed by atoms with Crippen LogP contribution in [0.25, 0.3) is 0 Å². The van der Waals surface area contributed by atoms with Gasteiger partial charge in [0, 0.05) is 31.7 Å². The molecule has 0 aromatic rings. The van der Waals surface area contributed by atoms with E-state index in [4.69, 9.17) is 5.11 Å². The van der Waals surface area contributed by atoms with Crippen LogP contribution in [0.15, 0.2) is 0 Å². The summed E-state index contributed by atoms with van der Waals surface area (Å²) in [6.45, 7) is 3.14. The number of amides is 2. The molecule has 0 aliphatic carbocycles. The van der Waals surface area contributed by atoms with E-state index < -0.39 is 11.9 Å². The van der Waals surface area contributed by atoms with Crippen LogP contribution in [0.2, 0.25) is 0 Å². The Morgan fingerprint density at radius 2 is 1.95 bits per heavy atom. The van der Waals surface area contributed by atoms with Gasteiger partial charge in [-0.15, -0.1) is 0 Å². The minimum atomic E-state index is -0.793. The van der Waals surface area contributed by atoms with Gasteiger partial charge in [0.2, 0.25) is 0 Å². The van der Waals surface area contributed by atoms with Crippen LogP contribution in [0.5, 0.6) is 0 Å². The van der Waals surface area contributed by atoms with Gasteiger partial charge in [-0.3, -0.25) is 9.69 Å². The van der Waals surface area contributed by atoms with Gasteiger partial charge in [-0.25, -0.2) is 4.79 Å². The number of nitrogens with zero attached hydrogens (tertiary/aromatic N) is 2. The lowest BCUT2D eigenvalue weighted by atomic mass is 10.1. The predicted molar refractivity (Wildman–Crippen MR) is 68.8 cm³/mol. The van der Waals surface area contributed by atoms with Crippen molar-refractivity contribution in [2.45, 2.75) is 37.8 Å². The Labute approximate surface area is 112 Å². The largest absolute Gasteiger partial charge is 0.481 e. The van der Waals surface area contributed by atoms with E-state index in [0.717, 1.165) is 19.5 Å². The molecule has 0 bridgehead atoms. The number of nitrogens with one attached hydrogen (secondary N) is 1. The van der Waals surface area contributed by atoms with Crippen molar-refractivity contribution in [1.29, 1.82) is 0 Å². The van der Waals surface area contributed by atoms with Gasteiger partial charge in [0.15, 0.2) is 0 Å². The molecule has 0 aromatic carbocycles. The zero-order chi connectivity index (χ0) is 13.4. The first-order chi connectivity index (χ1) is 9.15. The first-order valence-electron chi connectivity index (χ1n) is 7.17. The second-order valence-electron chi connectivity index (χ2n) is 5.86. The number of fused-ring (bicyclic) bond motifs is 1. The van der Waals surface area contributed by atoms with E-state index in [2.05, 4.69) is 10.2 Å². The van der Waals surface area contributed by atoms with Crippen LogP contribution in [-0.4, -0.2) is 65.2 Å². The number of hydrogen-bond acceptors (Lipinski definition) is 3. The van der Waals surface area contributed by atoms with Crippen LogP contribution in [0.1, 0.15) is 25.7 Å². The van der Waals surface area contributed by atoms with E-state index in [1.54, 1.807) is 4.90 Å². The lowest BCUT2D eigenvalue weighted by molar-refractivity contribution is -0.141. The second kappa shape index (κ2) is 5.00. The molecule has 3 rings (SSSR count). The Bertz CT molecular complexity index is 387. The molecule has 3 atom stereocenters. The van der Waals surface area contributed by atoms with Crippen molar-refractivity contribution in [2.24, 2.45) is 5.92 Å². The fraction of sp³-hybridized carbons (Fsp3) is 0.846. The number of carbonyl (C=O) groups excluding carboxylic acids is 1. The molecule has 3 saturated heterocycles. The molecule has 6 heteroatoms. The van der Waals surface area contributed by atoms with Gasteiger partial charge in [0.05, 0.1) is 5.92 Å². The number of likely N-dealkylation sites (tertiary alicyclic amines) is 1. The summed E-state index contributed by atoms with van der Waals surface area (Å²) in [5.74, 6) is -1.18. The lowest BCUT2D eigenvalue weighted by Gasteiger charge is -2.24. The van der Waals surface area contributed by atoms with Crippen molar-refractivity contribution >= 4 is 12.0 Å². The molecule has 3 heterocycles. The summed E-state index contributed by atoms with van der Waals surface area (Å²) in [6.07, 6.45) is 3.99. The van der Waals surface area contributed by atoms with E-state index in [9.17, 15) is 9.59 Å². The number of aliphatic carboxylic acids is 1. The monoisotopic (exact) mass is 267 g/mol. The normalized spacial score (nSPS) is 34.5. The van der Waals surface area contributed by atoms with E-state index in [0.29, 0.717) is 25.6 Å². The number of rotatable bonds is 2. The van der Waals surface area contributed by atoms with Gasteiger partial charge in [0.25, 0.3) is 0 Å². The van der Waals surface area contributed by atoms with Crippen LogP contribution in [0, 0.1) is 5.92 Å². The van der Waals surface area contributed by atoms with Gasteiger partial charge >= 0.3 is 12.0 Å². The zero-order valence-electron chi connectivity index (χ0n) is 11.0. The third-order valence-electron chi connectivity index (χ3n) is 4.74. The summed E-state index contributed by atoms with van der Waals surface area (Å²) in [6, 6.07) is 0.670. The Hall–Kier alpha value is -1.30. The molecular weight excluding hydrogens is 246 g/mol. The van der Waals surface area contributed by atoms with E-state index in [1.165, 1.54) is 12.8 Å². The molecule has 0 aromatic heterocycles. The molecule has 3 fully saturated rings. The maximum absolute atomic E-state index is 12.2. The fourth-order valence-corrected chi connectivity index (χ4v) is 3.65. The highest BCUT2D eigenvalue weighted by molar-refractivity contribution is 5.77. The minimum Gasteiger partial charge on any atom is -0.481 e. The van der Waals surface area contributed by atoms with Crippen LogP contribution < -0.4 is 5.32 Å². The Kier molecular flexibility index (Phi) is 3.35. The number of carboxylic acid groups (broad SMARTS) is 1. The second-order valence-corrected chi connectivity index (χ2v) is 5.86. The third-order valence-corrected chi connectivity index (χ3v) is 4.74. The highest BCUT2D eigenvalue weighted by Gasteiger charge is 2.39. The van der Waals surface area contributed by atoms with Crippen LogP contribution in [-0.2, 0) is 4.79 Å². The molecule has 0 radical (unpaired) electrons. The third kappa shape index (κ3) is 2.41. The molecule has 3 unspecified atom stereocenters. The average Bonchev–Trinajstić information content (AvgIpc) is 3.05. The van der Waals surface area contributed by atoms with Gasteiger partial charge in [-0.1, -0.05) is 0 Å². The highest BCUT2D eigenvalue weighted by Crippen LogP contribution is 2.28. The summed E-state index contributed by atoms with van der Waals surface area (Å²) in [7, 11) is 0. The molecule has 2 amide bonds. The number of carbonyl (C=O) groups is 2. The highest BCUT2D eigenvalue weighted by atomic mass is 16.4. The van der Waals surface area contributed by atoms with Crippen LogP contribution in [0.3, 0.4) is 0 Å². The maximum atomic E-state index is 12.2. The topological polar surface area (TPSA) is 72.9 Å². The van der Waals surface area contributed by atoms with E-state index in [1.807, 2.05) is 0 Å². The van der Waals surface area contributed by atoms with Crippen LogP contribution >= 0.6 is 0 Å². The Morgan fingerprint density at radius 3 is 2.68 bits per heavy atom. The summed E-state index contributed by atoms with van der Waals surface area (Å²) in [5, 5.41) is 12.1. The number of carboxylic acids is 1. The van der Waals surface area contributed by atoms with Gasteiger partial charge in [-0.2, -0.15) is 0 Å². The van der Waals surface area contributed by atoms with Gasteiger partial charge in [-0.05, 0) is 32.2 Å². The smallest absolute Gasteiger partial charge is 0.317 e. The van der Waals surface area contributed by atoms with Crippen LogP contribution in [0.4, 0.5) is 4.79 Å². The summed E-state index contributed by atoms with van der Waals surface area (Å²) in [5.41, 5.74) is 0. The van der Waals surface area contributed by atoms with Gasteiger partial charge < -0.3 is 15.3 Å². The Morgan fingerprint density at radius 1 is 1.11 bits per heavy atom. The average molecular weight is 267 g/mol. The van der Waals surface area contributed by atoms with Crippen molar-refractivity contribution < 1.29 is 14.7 Å². The standard InChI is InChI=1S/C13H21N3O3/c17-12(18)9-3-6-16(8-9)13(19)14-10-4-7-15-5-1-2-11(10)15/h9-11H,1-8H2,(H,14,19)(H,17,18). The summed E-state index contributed by atoms with van der Waals surface area (Å²) < 4.78 is 0. The molecule has 6 nitrogen and oxygen atoms in total. The molecule has 19 heavy (non-hydrogen) atoms. The molecular formula is C13H21N3O3. The van der Waals surface area contributed by atoms with E-state index in [-0.39, 0.29) is 12.1 Å². The quantitative estimate of drug-likeness (QED) is 0.756. The SMILES string of the molecule is O=C(O)C1CCN(C(=O)NC2CCN3CCCC23)C1. The zero-order valence-corrected chi connectivity index (χ0v) is 11.0. The summed E-state index contributed by atoms with van der Waals surface area (Å²) >= 11 is 0. The number of hydrogen-bond donors (Lipinski definition) is 2. The fourth-order valence-electron chi connectivity index (χ4n) is 3.65. The lowest BCUT2D eigenvalue weighted by Crippen LogP contribution is -2.48. The molecule has 3 aliphatic rings. The molecule has 2 N–H and O–H groups in total. The van der Waals surface area contributed by atoms with Crippen molar-refractivity contribution in [3.05, 3.63) is 0 Å². The molecule has 106 valence electrons. The first kappa shape index (κ1) is 12.7. The maximum Gasteiger partial charge on any atom is 0.317 e. The predicted octanol–water partition coefficient (Wildman–Crippen LogP) is 0.339. The van der Waals surface area contributed by atoms with Crippen molar-refractivity contribution in [3.63, 3.8) is 0 Å². The minimum absolute atomic E-state index is 0.0810. The van der Waals surface area contributed by atoms with Crippen molar-refractivity contribution in [3.8, 4) is 0 Å². The summed E-state index contributed by atoms with van der Waals surface area (Å²) in [4.78, 5) is 27.2. The number of urea groups is 1.